The van der Waals surface area contributed by atoms with Crippen LogP contribution in [0.1, 0.15) is 18.1 Å². The Kier molecular flexibility index (Phi) is 5.90. The second-order valence-corrected chi connectivity index (χ2v) is 5.42. The molecule has 0 unspecified atom stereocenters. The Hall–Kier alpha value is -2.43. The van der Waals surface area contributed by atoms with Gasteiger partial charge in [0, 0.05) is 19.3 Å². The predicted molar refractivity (Wildman–Crippen MR) is 91.2 cm³/mol. The minimum Gasteiger partial charge on any atom is -0.406 e. The summed E-state index contributed by atoms with van der Waals surface area (Å²) in [6.45, 7) is 2.82. The normalized spacial score (nSPS) is 11.7. The topological polar surface area (TPSA) is 12.5 Å². The zero-order valence-electron chi connectivity index (χ0n) is 13.7. The van der Waals surface area contributed by atoms with Crippen molar-refractivity contribution in [2.45, 2.75) is 19.7 Å². The third-order valence-corrected chi connectivity index (χ3v) is 3.59. The van der Waals surface area contributed by atoms with Crippen LogP contribution in [0.5, 0.6) is 5.75 Å². The number of alkyl halides is 3. The molecular formula is C19H20F3NO. The van der Waals surface area contributed by atoms with Gasteiger partial charge in [-0.15, -0.1) is 13.2 Å². The van der Waals surface area contributed by atoms with Gasteiger partial charge < -0.3 is 9.64 Å². The summed E-state index contributed by atoms with van der Waals surface area (Å²) in [5.41, 5.74) is 3.23. The highest BCUT2D eigenvalue weighted by atomic mass is 19.4. The summed E-state index contributed by atoms with van der Waals surface area (Å²) in [5, 5.41) is 0. The molecule has 0 saturated carbocycles. The van der Waals surface area contributed by atoms with Crippen molar-refractivity contribution in [3.05, 3.63) is 65.7 Å². The fourth-order valence-electron chi connectivity index (χ4n) is 2.22. The first-order chi connectivity index (χ1) is 11.4. The average molecular weight is 335 g/mol. The molecule has 0 aliphatic carbocycles. The van der Waals surface area contributed by atoms with Crippen molar-refractivity contribution >= 4 is 11.8 Å². The highest BCUT2D eigenvalue weighted by Crippen LogP contribution is 2.23. The molecule has 0 aliphatic heterocycles. The van der Waals surface area contributed by atoms with E-state index in [9.17, 15) is 13.2 Å². The van der Waals surface area contributed by atoms with Crippen LogP contribution >= 0.6 is 0 Å². The van der Waals surface area contributed by atoms with Gasteiger partial charge in [-0.2, -0.15) is 0 Å². The molecule has 0 fully saturated rings. The molecule has 2 aromatic rings. The molecule has 0 spiro atoms. The fourth-order valence-corrected chi connectivity index (χ4v) is 2.22. The molecule has 0 bridgehead atoms. The molecule has 0 saturated heterocycles. The largest absolute Gasteiger partial charge is 0.573 e. The van der Waals surface area contributed by atoms with Crippen LogP contribution in [0.3, 0.4) is 0 Å². The van der Waals surface area contributed by atoms with Crippen LogP contribution in [0.25, 0.3) is 6.08 Å². The average Bonchev–Trinajstić information content (AvgIpc) is 2.55. The molecule has 2 aromatic carbocycles. The number of aryl methyl sites for hydroxylation is 1. The van der Waals surface area contributed by atoms with E-state index in [0.717, 1.165) is 17.7 Å². The molecule has 0 atom stereocenters. The first-order valence-corrected chi connectivity index (χ1v) is 7.70. The molecule has 0 heterocycles. The summed E-state index contributed by atoms with van der Waals surface area (Å²) in [6, 6.07) is 14.2. The van der Waals surface area contributed by atoms with Crippen molar-refractivity contribution in [3.8, 4) is 5.75 Å². The number of hydrogen-bond donors (Lipinski definition) is 0. The summed E-state index contributed by atoms with van der Waals surface area (Å²) >= 11 is 0. The van der Waals surface area contributed by atoms with Gasteiger partial charge in [-0.05, 0) is 41.8 Å². The number of ether oxygens (including phenoxy) is 1. The Bertz CT molecular complexity index is 661. The van der Waals surface area contributed by atoms with Crippen molar-refractivity contribution in [2.24, 2.45) is 0 Å². The first-order valence-electron chi connectivity index (χ1n) is 7.70. The van der Waals surface area contributed by atoms with Crippen molar-refractivity contribution in [1.29, 1.82) is 0 Å². The highest BCUT2D eigenvalue weighted by Gasteiger charge is 2.30. The number of hydrogen-bond acceptors (Lipinski definition) is 2. The lowest BCUT2D eigenvalue weighted by molar-refractivity contribution is -0.274. The molecule has 5 heteroatoms. The number of likely N-dealkylation sites (N-methyl/N-ethyl adjacent to an activating group) is 1. The van der Waals surface area contributed by atoms with Gasteiger partial charge in [0.05, 0.1) is 0 Å². The maximum absolute atomic E-state index is 12.1. The van der Waals surface area contributed by atoms with Gasteiger partial charge in [-0.1, -0.05) is 43.3 Å². The Morgan fingerprint density at radius 2 is 1.62 bits per heavy atom. The molecule has 0 aromatic heterocycles. The van der Waals surface area contributed by atoms with E-state index in [1.165, 1.54) is 17.7 Å². The van der Waals surface area contributed by atoms with Gasteiger partial charge in [0.1, 0.15) is 5.75 Å². The van der Waals surface area contributed by atoms with E-state index in [1.807, 2.05) is 19.2 Å². The number of nitrogens with zero attached hydrogens (tertiary/aromatic N) is 1. The summed E-state index contributed by atoms with van der Waals surface area (Å²) in [6.07, 6.45) is 0.187. The van der Waals surface area contributed by atoms with Crippen molar-refractivity contribution in [2.75, 3.05) is 18.5 Å². The van der Waals surface area contributed by atoms with E-state index in [1.54, 1.807) is 12.1 Å². The highest BCUT2D eigenvalue weighted by molar-refractivity contribution is 5.53. The zero-order chi connectivity index (χ0) is 17.6. The monoisotopic (exact) mass is 335 g/mol. The molecular weight excluding hydrogens is 315 g/mol. The summed E-state index contributed by atoms with van der Waals surface area (Å²) in [7, 11) is 1.99. The second kappa shape index (κ2) is 7.90. The van der Waals surface area contributed by atoms with Gasteiger partial charge in [0.25, 0.3) is 0 Å². The van der Waals surface area contributed by atoms with E-state index in [-0.39, 0.29) is 5.75 Å². The van der Waals surface area contributed by atoms with Crippen molar-refractivity contribution < 1.29 is 17.9 Å². The third kappa shape index (κ3) is 5.65. The molecule has 24 heavy (non-hydrogen) atoms. The van der Waals surface area contributed by atoms with Gasteiger partial charge >= 0.3 is 6.36 Å². The summed E-state index contributed by atoms with van der Waals surface area (Å²) in [4.78, 5) is 2.09. The number of anilines is 1. The fraction of sp³-hybridized carbons (Fsp3) is 0.263. The minimum absolute atomic E-state index is 0.215. The quantitative estimate of drug-likeness (QED) is 0.710. The van der Waals surface area contributed by atoms with Crippen molar-refractivity contribution in [3.63, 3.8) is 0 Å². The van der Waals surface area contributed by atoms with E-state index < -0.39 is 6.36 Å². The Labute approximate surface area is 140 Å². The maximum Gasteiger partial charge on any atom is 0.573 e. The molecule has 0 amide bonds. The summed E-state index contributed by atoms with van der Waals surface area (Å²) < 4.78 is 40.1. The van der Waals surface area contributed by atoms with Gasteiger partial charge in [0.15, 0.2) is 0 Å². The van der Waals surface area contributed by atoms with Crippen LogP contribution in [0, 0.1) is 0 Å². The van der Waals surface area contributed by atoms with Crippen LogP contribution in [-0.2, 0) is 6.42 Å². The van der Waals surface area contributed by atoms with Crippen LogP contribution in [0.4, 0.5) is 18.9 Å². The van der Waals surface area contributed by atoms with E-state index in [4.69, 9.17) is 0 Å². The molecule has 2 rings (SSSR count). The van der Waals surface area contributed by atoms with Gasteiger partial charge in [-0.25, -0.2) is 0 Å². The standard InChI is InChI=1S/C19H20F3NO/c1-3-15-6-10-17(11-7-15)23(2)14-4-5-16-8-12-18(13-9-16)24-19(20,21)22/h4-13H,3,14H2,1-2H3/b5-4+. The minimum atomic E-state index is -4.66. The van der Waals surface area contributed by atoms with Crippen LogP contribution in [-0.4, -0.2) is 20.0 Å². The van der Waals surface area contributed by atoms with Crippen LogP contribution in [0.15, 0.2) is 54.6 Å². The number of halogens is 3. The van der Waals surface area contributed by atoms with Crippen molar-refractivity contribution in [1.82, 2.24) is 0 Å². The SMILES string of the molecule is CCc1ccc(N(C)C/C=C/c2ccc(OC(F)(F)F)cc2)cc1. The summed E-state index contributed by atoms with van der Waals surface area (Å²) in [5.74, 6) is -0.215. The molecule has 0 radical (unpaired) electrons. The van der Waals surface area contributed by atoms with Crippen LogP contribution < -0.4 is 9.64 Å². The lowest BCUT2D eigenvalue weighted by atomic mass is 10.1. The maximum atomic E-state index is 12.1. The number of benzene rings is 2. The second-order valence-electron chi connectivity index (χ2n) is 5.42. The Balaban J connectivity index is 1.90. The molecule has 0 N–H and O–H groups in total. The predicted octanol–water partition coefficient (Wildman–Crippen LogP) is 5.30. The zero-order valence-corrected chi connectivity index (χ0v) is 13.7. The first kappa shape index (κ1) is 17.9. The van der Waals surface area contributed by atoms with E-state index in [0.29, 0.717) is 6.54 Å². The molecule has 128 valence electrons. The Morgan fingerprint density at radius 1 is 1.00 bits per heavy atom. The van der Waals surface area contributed by atoms with Crippen LogP contribution in [0.2, 0.25) is 0 Å². The third-order valence-electron chi connectivity index (χ3n) is 3.59. The number of rotatable bonds is 6. The Morgan fingerprint density at radius 3 is 2.17 bits per heavy atom. The molecule has 2 nitrogen and oxygen atoms in total. The lowest BCUT2D eigenvalue weighted by Crippen LogP contribution is -2.17. The lowest BCUT2D eigenvalue weighted by Gasteiger charge is -2.17. The smallest absolute Gasteiger partial charge is 0.406 e. The van der Waals surface area contributed by atoms with Gasteiger partial charge in [0.2, 0.25) is 0 Å². The van der Waals surface area contributed by atoms with Gasteiger partial charge in [-0.3, -0.25) is 0 Å². The van der Waals surface area contributed by atoms with E-state index in [2.05, 4.69) is 40.8 Å². The molecule has 0 aliphatic rings. The van der Waals surface area contributed by atoms with E-state index >= 15 is 0 Å².